The van der Waals surface area contributed by atoms with E-state index < -0.39 is 0 Å². The minimum atomic E-state index is -0.308. The molecular weight excluding hydrogens is 289 g/mol. The normalized spacial score (nSPS) is 33.6. The summed E-state index contributed by atoms with van der Waals surface area (Å²) >= 11 is 0. The lowest BCUT2D eigenvalue weighted by atomic mass is 9.79. The topological polar surface area (TPSA) is 39.7 Å². The third-order valence-electron chi connectivity index (χ3n) is 6.10. The molecule has 0 bridgehead atoms. The summed E-state index contributed by atoms with van der Waals surface area (Å²) in [6, 6.07) is 8.12. The summed E-state index contributed by atoms with van der Waals surface area (Å²) in [5, 5.41) is 3.59. The molecule has 1 aromatic rings. The van der Waals surface area contributed by atoms with Crippen molar-refractivity contribution in [1.29, 1.82) is 0 Å². The van der Waals surface area contributed by atoms with Gasteiger partial charge in [0.1, 0.15) is 12.4 Å². The first-order valence-corrected chi connectivity index (χ1v) is 8.65. The van der Waals surface area contributed by atoms with E-state index >= 15 is 0 Å². The fourth-order valence-corrected chi connectivity index (χ4v) is 3.61. The van der Waals surface area contributed by atoms with Gasteiger partial charge in [-0.1, -0.05) is 12.1 Å². The number of benzene rings is 1. The Morgan fingerprint density at radius 1 is 1.13 bits per heavy atom. The molecule has 3 fully saturated rings. The molecule has 0 radical (unpaired) electrons. The smallest absolute Gasteiger partial charge is 0.492 e. The molecule has 0 spiro atoms. The van der Waals surface area contributed by atoms with Crippen molar-refractivity contribution in [3.63, 3.8) is 0 Å². The second kappa shape index (κ2) is 4.98. The Bertz CT molecular complexity index is 585. The number of rotatable bonds is 4. The maximum Gasteiger partial charge on any atom is 0.494 e. The van der Waals surface area contributed by atoms with Crippen LogP contribution in [-0.2, 0) is 9.31 Å². The van der Waals surface area contributed by atoms with Gasteiger partial charge in [0, 0.05) is 0 Å². The van der Waals surface area contributed by atoms with Crippen molar-refractivity contribution in [3.05, 3.63) is 24.3 Å². The van der Waals surface area contributed by atoms with E-state index in [1.54, 1.807) is 0 Å². The summed E-state index contributed by atoms with van der Waals surface area (Å²) in [5.41, 5.74) is 0.699. The summed E-state index contributed by atoms with van der Waals surface area (Å²) in [7, 11) is -0.308. The predicted octanol–water partition coefficient (Wildman–Crippen LogP) is 2.12. The number of fused-ring (bicyclic) bond motifs is 1. The van der Waals surface area contributed by atoms with Gasteiger partial charge in [0.15, 0.2) is 0 Å². The Balaban J connectivity index is 1.39. The number of piperidine rings is 1. The Labute approximate surface area is 139 Å². The third-order valence-corrected chi connectivity index (χ3v) is 6.10. The molecule has 2 atom stereocenters. The maximum absolute atomic E-state index is 6.08. The lowest BCUT2D eigenvalue weighted by molar-refractivity contribution is 0.00578. The van der Waals surface area contributed by atoms with Crippen molar-refractivity contribution >= 4 is 12.6 Å². The predicted molar refractivity (Wildman–Crippen MR) is 91.1 cm³/mol. The zero-order valence-electron chi connectivity index (χ0n) is 14.5. The van der Waals surface area contributed by atoms with Crippen LogP contribution in [0.25, 0.3) is 0 Å². The Hall–Kier alpha value is -1.04. The first kappa shape index (κ1) is 15.5. The SMILES string of the molecule is CC1(C)OB(c2ccc(OCC34C[C@@H]3CCN4)cc2)OC1(C)C. The highest BCUT2D eigenvalue weighted by Gasteiger charge is 2.57. The zero-order chi connectivity index (χ0) is 16.3. The van der Waals surface area contributed by atoms with E-state index in [9.17, 15) is 0 Å². The summed E-state index contributed by atoms with van der Waals surface area (Å²) in [4.78, 5) is 0. The van der Waals surface area contributed by atoms with Gasteiger partial charge in [0.25, 0.3) is 0 Å². The number of hydrogen-bond acceptors (Lipinski definition) is 4. The average molecular weight is 315 g/mol. The fourth-order valence-electron chi connectivity index (χ4n) is 3.61. The lowest BCUT2D eigenvalue weighted by Crippen LogP contribution is -2.41. The first-order valence-electron chi connectivity index (χ1n) is 8.65. The largest absolute Gasteiger partial charge is 0.494 e. The van der Waals surface area contributed by atoms with Crippen LogP contribution in [-0.4, -0.2) is 37.0 Å². The van der Waals surface area contributed by atoms with E-state index in [0.717, 1.165) is 30.3 Å². The van der Waals surface area contributed by atoms with Crippen LogP contribution in [0.2, 0.25) is 0 Å². The molecule has 4 rings (SSSR count). The first-order chi connectivity index (χ1) is 10.8. The van der Waals surface area contributed by atoms with Crippen molar-refractivity contribution in [1.82, 2.24) is 5.32 Å². The van der Waals surface area contributed by atoms with Crippen molar-refractivity contribution in [2.24, 2.45) is 5.92 Å². The molecule has 1 saturated carbocycles. The van der Waals surface area contributed by atoms with Crippen LogP contribution in [0.15, 0.2) is 24.3 Å². The molecule has 2 heterocycles. The van der Waals surface area contributed by atoms with Crippen molar-refractivity contribution in [2.45, 2.75) is 57.3 Å². The highest BCUT2D eigenvalue weighted by Crippen LogP contribution is 2.49. The molecule has 1 aliphatic carbocycles. The average Bonchev–Trinajstić information content (AvgIpc) is 2.95. The fraction of sp³-hybridized carbons (Fsp3) is 0.667. The van der Waals surface area contributed by atoms with Crippen molar-refractivity contribution < 1.29 is 14.0 Å². The Morgan fingerprint density at radius 3 is 2.30 bits per heavy atom. The van der Waals surface area contributed by atoms with Gasteiger partial charge < -0.3 is 19.4 Å². The third kappa shape index (κ3) is 2.59. The highest BCUT2D eigenvalue weighted by atomic mass is 16.7. The molecule has 124 valence electrons. The maximum atomic E-state index is 6.08. The molecule has 2 saturated heterocycles. The molecule has 1 unspecified atom stereocenters. The summed E-state index contributed by atoms with van der Waals surface area (Å²) in [6.45, 7) is 10.2. The Kier molecular flexibility index (Phi) is 3.35. The summed E-state index contributed by atoms with van der Waals surface area (Å²) in [5.74, 6) is 1.74. The van der Waals surface area contributed by atoms with Gasteiger partial charge in [0.05, 0.1) is 16.7 Å². The molecule has 2 aliphatic heterocycles. The van der Waals surface area contributed by atoms with E-state index in [4.69, 9.17) is 14.0 Å². The monoisotopic (exact) mass is 315 g/mol. The summed E-state index contributed by atoms with van der Waals surface area (Å²) in [6.07, 6.45) is 2.56. The van der Waals surface area contributed by atoms with Gasteiger partial charge in [-0.2, -0.15) is 0 Å². The van der Waals surface area contributed by atoms with E-state index in [1.807, 2.05) is 24.3 Å². The number of ether oxygens (including phenoxy) is 1. The van der Waals surface area contributed by atoms with Gasteiger partial charge in [-0.3, -0.25) is 0 Å². The van der Waals surface area contributed by atoms with Crippen LogP contribution in [0.4, 0.5) is 0 Å². The number of hydrogen-bond donors (Lipinski definition) is 1. The second-order valence-corrected chi connectivity index (χ2v) is 8.22. The van der Waals surface area contributed by atoms with Crippen LogP contribution >= 0.6 is 0 Å². The summed E-state index contributed by atoms with van der Waals surface area (Å²) < 4.78 is 18.2. The molecule has 0 amide bonds. The molecular formula is C18H26BNO3. The standard InChI is InChI=1S/C18H26BNO3/c1-16(2)17(3,4)23-19(22-16)14-5-7-15(8-6-14)21-12-18-11-13(18)9-10-20-18/h5-8,13,20H,9-12H2,1-4H3/t13-,18?/m0/s1. The van der Waals surface area contributed by atoms with Gasteiger partial charge in [0.2, 0.25) is 0 Å². The van der Waals surface area contributed by atoms with E-state index in [1.165, 1.54) is 12.8 Å². The van der Waals surface area contributed by atoms with Crippen LogP contribution in [0.5, 0.6) is 5.75 Å². The van der Waals surface area contributed by atoms with Crippen LogP contribution in [0.3, 0.4) is 0 Å². The molecule has 1 aromatic carbocycles. The molecule has 5 heteroatoms. The van der Waals surface area contributed by atoms with E-state index in [2.05, 4.69) is 33.0 Å². The van der Waals surface area contributed by atoms with E-state index in [-0.39, 0.29) is 23.9 Å². The van der Waals surface area contributed by atoms with Gasteiger partial charge >= 0.3 is 7.12 Å². The van der Waals surface area contributed by atoms with Gasteiger partial charge in [-0.15, -0.1) is 0 Å². The highest BCUT2D eigenvalue weighted by molar-refractivity contribution is 6.62. The van der Waals surface area contributed by atoms with Crippen molar-refractivity contribution in [3.8, 4) is 5.75 Å². The van der Waals surface area contributed by atoms with Gasteiger partial charge in [-0.25, -0.2) is 0 Å². The second-order valence-electron chi connectivity index (χ2n) is 8.22. The van der Waals surface area contributed by atoms with Crippen LogP contribution < -0.4 is 15.5 Å². The van der Waals surface area contributed by atoms with Gasteiger partial charge in [-0.05, 0) is 70.6 Å². The molecule has 0 aromatic heterocycles. The van der Waals surface area contributed by atoms with Crippen molar-refractivity contribution in [2.75, 3.05) is 13.2 Å². The zero-order valence-corrected chi connectivity index (χ0v) is 14.5. The number of nitrogens with one attached hydrogen (secondary N) is 1. The quantitative estimate of drug-likeness (QED) is 0.864. The van der Waals surface area contributed by atoms with Crippen LogP contribution in [0.1, 0.15) is 40.5 Å². The molecule has 1 N–H and O–H groups in total. The van der Waals surface area contributed by atoms with E-state index in [0.29, 0.717) is 0 Å². The minimum absolute atomic E-state index is 0.268. The minimum Gasteiger partial charge on any atom is -0.492 e. The molecule has 3 aliphatic rings. The molecule has 4 nitrogen and oxygen atoms in total. The molecule has 23 heavy (non-hydrogen) atoms. The Morgan fingerprint density at radius 2 is 1.78 bits per heavy atom. The lowest BCUT2D eigenvalue weighted by Gasteiger charge is -2.32. The van der Waals surface area contributed by atoms with Crippen LogP contribution in [0, 0.1) is 5.92 Å².